The number of hydrogen-bond donors (Lipinski definition) is 2. The molecule has 2 heterocycles. The molecule has 0 aliphatic carbocycles. The number of ether oxygens (including phenoxy) is 2. The Kier molecular flexibility index (Phi) is 6.13. The maximum Gasteiger partial charge on any atom is 0.243 e. The number of carbonyl (C=O) groups excluding carboxylic acids is 2. The van der Waals surface area contributed by atoms with E-state index in [0.717, 1.165) is 36.4 Å². The van der Waals surface area contributed by atoms with Crippen molar-refractivity contribution in [2.75, 3.05) is 38.2 Å². The minimum atomic E-state index is -0.375. The molecule has 2 aromatic rings. The Balaban J connectivity index is 1.29. The van der Waals surface area contributed by atoms with Crippen molar-refractivity contribution in [1.82, 2.24) is 10.2 Å². The van der Waals surface area contributed by atoms with Crippen LogP contribution in [-0.2, 0) is 9.59 Å². The first-order chi connectivity index (χ1) is 14.6. The SMILES string of the molecule is O=C(CN1CCC[C@@H]1c1ccc2c(c1)OCCO2)NCC(=O)Nc1ccc(F)cc1. The number of nitrogens with one attached hydrogen (secondary N) is 2. The molecule has 2 N–H and O–H groups in total. The molecule has 0 aromatic heterocycles. The predicted molar refractivity (Wildman–Crippen MR) is 109 cm³/mol. The van der Waals surface area contributed by atoms with Crippen LogP contribution in [0.25, 0.3) is 0 Å². The van der Waals surface area contributed by atoms with E-state index in [2.05, 4.69) is 15.5 Å². The number of nitrogens with zero attached hydrogens (tertiary/aromatic N) is 1. The minimum absolute atomic E-state index is 0.125. The number of hydrogen-bond acceptors (Lipinski definition) is 5. The Morgan fingerprint density at radius 2 is 1.80 bits per heavy atom. The van der Waals surface area contributed by atoms with Gasteiger partial charge in [-0.3, -0.25) is 14.5 Å². The number of anilines is 1. The van der Waals surface area contributed by atoms with Gasteiger partial charge in [0.2, 0.25) is 11.8 Å². The van der Waals surface area contributed by atoms with Crippen molar-refractivity contribution in [3.8, 4) is 11.5 Å². The summed E-state index contributed by atoms with van der Waals surface area (Å²) in [6.07, 6.45) is 1.95. The number of halogens is 1. The Bertz CT molecular complexity index is 919. The van der Waals surface area contributed by atoms with Gasteiger partial charge in [-0.05, 0) is 61.3 Å². The van der Waals surface area contributed by atoms with Crippen LogP contribution in [0.3, 0.4) is 0 Å². The number of fused-ring (bicyclic) bond motifs is 1. The first-order valence-corrected chi connectivity index (χ1v) is 10.0. The largest absolute Gasteiger partial charge is 0.486 e. The Hall–Kier alpha value is -3.13. The fraction of sp³-hybridized carbons (Fsp3) is 0.364. The molecule has 4 rings (SSSR count). The molecular formula is C22H24FN3O4. The lowest BCUT2D eigenvalue weighted by atomic mass is 10.0. The third-order valence-electron chi connectivity index (χ3n) is 5.24. The van der Waals surface area contributed by atoms with E-state index in [-0.39, 0.29) is 36.8 Å². The summed E-state index contributed by atoms with van der Waals surface area (Å²) in [5, 5.41) is 5.27. The van der Waals surface area contributed by atoms with Crippen molar-refractivity contribution in [2.24, 2.45) is 0 Å². The van der Waals surface area contributed by atoms with E-state index in [1.165, 1.54) is 24.3 Å². The highest BCUT2D eigenvalue weighted by Gasteiger charge is 2.28. The lowest BCUT2D eigenvalue weighted by molar-refractivity contribution is -0.125. The minimum Gasteiger partial charge on any atom is -0.486 e. The van der Waals surface area contributed by atoms with Gasteiger partial charge in [-0.2, -0.15) is 0 Å². The van der Waals surface area contributed by atoms with E-state index in [0.29, 0.717) is 18.9 Å². The highest BCUT2D eigenvalue weighted by molar-refractivity contribution is 5.94. The normalized spacial score (nSPS) is 18.1. The monoisotopic (exact) mass is 413 g/mol. The first-order valence-electron chi connectivity index (χ1n) is 10.0. The van der Waals surface area contributed by atoms with Crippen LogP contribution in [0.4, 0.5) is 10.1 Å². The molecule has 158 valence electrons. The molecule has 1 fully saturated rings. The topological polar surface area (TPSA) is 79.9 Å². The smallest absolute Gasteiger partial charge is 0.243 e. The van der Waals surface area contributed by atoms with Crippen molar-refractivity contribution in [1.29, 1.82) is 0 Å². The Morgan fingerprint density at radius 3 is 2.60 bits per heavy atom. The second-order valence-electron chi connectivity index (χ2n) is 7.36. The van der Waals surface area contributed by atoms with Gasteiger partial charge >= 0.3 is 0 Å². The maximum atomic E-state index is 12.9. The zero-order valence-corrected chi connectivity index (χ0v) is 16.5. The van der Waals surface area contributed by atoms with Gasteiger partial charge in [0.1, 0.15) is 19.0 Å². The summed E-state index contributed by atoms with van der Waals surface area (Å²) in [5.74, 6) is 0.542. The molecule has 2 aromatic carbocycles. The van der Waals surface area contributed by atoms with E-state index in [9.17, 15) is 14.0 Å². The van der Waals surface area contributed by atoms with Gasteiger partial charge in [0, 0.05) is 11.7 Å². The van der Waals surface area contributed by atoms with Crippen LogP contribution in [0.2, 0.25) is 0 Å². The van der Waals surface area contributed by atoms with Gasteiger partial charge < -0.3 is 20.1 Å². The summed E-state index contributed by atoms with van der Waals surface area (Å²) < 4.78 is 24.2. The number of amides is 2. The van der Waals surface area contributed by atoms with Crippen LogP contribution in [-0.4, -0.2) is 49.6 Å². The van der Waals surface area contributed by atoms with E-state index in [4.69, 9.17) is 9.47 Å². The lowest BCUT2D eigenvalue weighted by Crippen LogP contribution is -2.40. The van der Waals surface area contributed by atoms with E-state index in [1.807, 2.05) is 18.2 Å². The first kappa shape index (κ1) is 20.2. The molecule has 0 saturated carbocycles. The molecule has 0 spiro atoms. The summed E-state index contributed by atoms with van der Waals surface area (Å²) in [6.45, 7) is 1.97. The number of likely N-dealkylation sites (tertiary alicyclic amines) is 1. The number of rotatable bonds is 6. The standard InChI is InChI=1S/C22H24FN3O4/c23-16-4-6-17(7-5-16)25-21(27)13-24-22(28)14-26-9-1-2-18(26)15-3-8-19-20(12-15)30-11-10-29-19/h3-8,12,18H,1-2,9-11,13-14H2,(H,24,28)(H,25,27)/t18-/m1/s1. The van der Waals surface area contributed by atoms with E-state index >= 15 is 0 Å². The molecule has 1 saturated heterocycles. The third-order valence-corrected chi connectivity index (χ3v) is 5.24. The van der Waals surface area contributed by atoms with Crippen LogP contribution in [0.1, 0.15) is 24.4 Å². The van der Waals surface area contributed by atoms with Crippen LogP contribution in [0.15, 0.2) is 42.5 Å². The molecule has 8 heteroatoms. The zero-order valence-electron chi connectivity index (χ0n) is 16.5. The molecule has 30 heavy (non-hydrogen) atoms. The molecule has 2 aliphatic heterocycles. The molecule has 2 amide bonds. The molecule has 1 atom stereocenters. The fourth-order valence-electron chi connectivity index (χ4n) is 3.82. The molecule has 7 nitrogen and oxygen atoms in total. The van der Waals surface area contributed by atoms with Gasteiger partial charge in [0.15, 0.2) is 11.5 Å². The van der Waals surface area contributed by atoms with Gasteiger partial charge in [-0.25, -0.2) is 4.39 Å². The fourth-order valence-corrected chi connectivity index (χ4v) is 3.82. The second kappa shape index (κ2) is 9.13. The van der Waals surface area contributed by atoms with Crippen molar-refractivity contribution in [2.45, 2.75) is 18.9 Å². The number of benzene rings is 2. The highest BCUT2D eigenvalue weighted by atomic mass is 19.1. The van der Waals surface area contributed by atoms with Crippen molar-refractivity contribution >= 4 is 17.5 Å². The van der Waals surface area contributed by atoms with Crippen molar-refractivity contribution in [3.05, 3.63) is 53.8 Å². The van der Waals surface area contributed by atoms with Gasteiger partial charge in [-0.1, -0.05) is 6.07 Å². The molecule has 0 radical (unpaired) electrons. The quantitative estimate of drug-likeness (QED) is 0.761. The van der Waals surface area contributed by atoms with Crippen LogP contribution < -0.4 is 20.1 Å². The summed E-state index contributed by atoms with van der Waals surface area (Å²) in [6, 6.07) is 11.5. The van der Waals surface area contributed by atoms with Gasteiger partial charge in [0.25, 0.3) is 0 Å². The van der Waals surface area contributed by atoms with E-state index in [1.54, 1.807) is 0 Å². The lowest BCUT2D eigenvalue weighted by Gasteiger charge is -2.26. The Morgan fingerprint density at radius 1 is 1.03 bits per heavy atom. The zero-order chi connectivity index (χ0) is 20.9. The summed E-state index contributed by atoms with van der Waals surface area (Å²) in [7, 11) is 0. The Labute approximate surface area is 174 Å². The van der Waals surface area contributed by atoms with Crippen molar-refractivity contribution < 1.29 is 23.5 Å². The molecule has 0 unspecified atom stereocenters. The second-order valence-corrected chi connectivity index (χ2v) is 7.36. The van der Waals surface area contributed by atoms with Gasteiger partial charge in [0.05, 0.1) is 13.1 Å². The molecule has 0 bridgehead atoms. The molecule has 2 aliphatic rings. The summed E-state index contributed by atoms with van der Waals surface area (Å²) in [5.41, 5.74) is 1.58. The average molecular weight is 413 g/mol. The highest BCUT2D eigenvalue weighted by Crippen LogP contribution is 2.37. The summed E-state index contributed by atoms with van der Waals surface area (Å²) >= 11 is 0. The molecular weight excluding hydrogens is 389 g/mol. The van der Waals surface area contributed by atoms with Crippen molar-refractivity contribution in [3.63, 3.8) is 0 Å². The maximum absolute atomic E-state index is 12.9. The van der Waals surface area contributed by atoms with Crippen LogP contribution in [0.5, 0.6) is 11.5 Å². The van der Waals surface area contributed by atoms with Gasteiger partial charge in [-0.15, -0.1) is 0 Å². The van der Waals surface area contributed by atoms with E-state index < -0.39 is 0 Å². The van der Waals surface area contributed by atoms with Crippen LogP contribution >= 0.6 is 0 Å². The summed E-state index contributed by atoms with van der Waals surface area (Å²) in [4.78, 5) is 26.5. The predicted octanol–water partition coefficient (Wildman–Crippen LogP) is 2.49. The average Bonchev–Trinajstić information content (AvgIpc) is 3.21. The van der Waals surface area contributed by atoms with Crippen LogP contribution in [0, 0.1) is 5.82 Å². The third kappa shape index (κ3) is 4.88. The number of carbonyl (C=O) groups is 2.